The average molecular weight is 294 g/mol. The maximum atomic E-state index is 13.5. The van der Waals surface area contributed by atoms with Crippen molar-refractivity contribution in [1.29, 1.82) is 0 Å². The Hall–Kier alpha value is -1.53. The molecule has 0 fully saturated rings. The Bertz CT molecular complexity index is 589. The second-order valence-corrected chi connectivity index (χ2v) is 5.66. The number of benzene rings is 1. The molecule has 0 amide bonds. The van der Waals surface area contributed by atoms with Gasteiger partial charge >= 0.3 is 0 Å². The van der Waals surface area contributed by atoms with Crippen molar-refractivity contribution in [2.45, 2.75) is 25.1 Å². The van der Waals surface area contributed by atoms with Gasteiger partial charge < -0.3 is 14.7 Å². The van der Waals surface area contributed by atoms with E-state index in [4.69, 9.17) is 4.74 Å². The summed E-state index contributed by atoms with van der Waals surface area (Å²) in [6.07, 6.45) is 1.36. The van der Waals surface area contributed by atoms with Crippen LogP contribution in [0.3, 0.4) is 0 Å². The number of methoxy groups -OCH3 is 1. The van der Waals surface area contributed by atoms with Gasteiger partial charge in [0.1, 0.15) is 6.04 Å². The number of aliphatic hydroxyl groups excluding tert-OH is 1. The maximum absolute atomic E-state index is 13.5. The van der Waals surface area contributed by atoms with Crippen LogP contribution in [0.15, 0.2) is 34.8 Å². The molecule has 2 aliphatic heterocycles. The molecule has 0 aliphatic carbocycles. The highest BCUT2D eigenvalue weighted by Crippen LogP contribution is 2.40. The molecule has 106 valence electrons. The zero-order valence-electron chi connectivity index (χ0n) is 11.2. The largest absolute Gasteiger partial charge is 0.494 e. The summed E-state index contributed by atoms with van der Waals surface area (Å²) in [4.78, 5) is 6.60. The fourth-order valence-electron chi connectivity index (χ4n) is 2.58. The third-order valence-electron chi connectivity index (χ3n) is 3.52. The average Bonchev–Trinajstić information content (AvgIpc) is 2.98. The number of aliphatic imine (C=N–C) groups is 1. The Kier molecular flexibility index (Phi) is 3.43. The van der Waals surface area contributed by atoms with Gasteiger partial charge in [-0.05, 0) is 30.0 Å². The van der Waals surface area contributed by atoms with Crippen LogP contribution in [0.1, 0.15) is 18.5 Å². The molecule has 1 N–H and O–H groups in total. The smallest absolute Gasteiger partial charge is 0.168 e. The zero-order chi connectivity index (χ0) is 14.3. The Morgan fingerprint density at radius 3 is 3.00 bits per heavy atom. The first kappa shape index (κ1) is 13.5. The minimum Gasteiger partial charge on any atom is -0.494 e. The third kappa shape index (κ3) is 2.09. The van der Waals surface area contributed by atoms with Crippen LogP contribution in [0.2, 0.25) is 0 Å². The van der Waals surface area contributed by atoms with Crippen molar-refractivity contribution in [2.75, 3.05) is 7.11 Å². The summed E-state index contributed by atoms with van der Waals surface area (Å²) < 4.78 is 18.5. The van der Waals surface area contributed by atoms with Crippen LogP contribution in [-0.4, -0.2) is 34.4 Å². The first-order chi connectivity index (χ1) is 9.61. The van der Waals surface area contributed by atoms with Gasteiger partial charge in [0.25, 0.3) is 0 Å². The lowest BCUT2D eigenvalue weighted by Crippen LogP contribution is -2.39. The molecular formula is C14H15FN2O2S. The number of ether oxygens (including phenoxy) is 1. The van der Waals surface area contributed by atoms with E-state index in [1.165, 1.54) is 24.9 Å². The molecule has 0 aromatic heterocycles. The van der Waals surface area contributed by atoms with E-state index in [9.17, 15) is 9.50 Å². The van der Waals surface area contributed by atoms with Crippen LogP contribution < -0.4 is 4.74 Å². The summed E-state index contributed by atoms with van der Waals surface area (Å²) in [6, 6.07) is 4.32. The number of halogens is 1. The Labute approximate surface area is 121 Å². The summed E-state index contributed by atoms with van der Waals surface area (Å²) in [5.41, 5.74) is 0.838. The van der Waals surface area contributed by atoms with E-state index in [1.807, 2.05) is 16.5 Å². The van der Waals surface area contributed by atoms with E-state index in [0.717, 1.165) is 10.7 Å². The predicted octanol–water partition coefficient (Wildman–Crippen LogP) is 2.51. The molecule has 3 unspecified atom stereocenters. The number of nitrogens with zero attached hydrogens (tertiary/aromatic N) is 2. The van der Waals surface area contributed by atoms with Crippen LogP contribution in [0.4, 0.5) is 4.39 Å². The Morgan fingerprint density at radius 1 is 1.50 bits per heavy atom. The van der Waals surface area contributed by atoms with E-state index in [1.54, 1.807) is 19.1 Å². The van der Waals surface area contributed by atoms with Gasteiger partial charge in [0.15, 0.2) is 16.7 Å². The van der Waals surface area contributed by atoms with Gasteiger partial charge in [-0.3, -0.25) is 4.99 Å². The van der Waals surface area contributed by atoms with Crippen LogP contribution in [0.5, 0.6) is 5.75 Å². The SMILES string of the molecule is COc1cc(C2N=C3SC=CN3C2C(C)O)ccc1F. The molecule has 1 aromatic rings. The molecule has 0 radical (unpaired) electrons. The molecule has 2 heterocycles. The van der Waals surface area contributed by atoms with Crippen molar-refractivity contribution < 1.29 is 14.2 Å². The lowest BCUT2D eigenvalue weighted by molar-refractivity contribution is 0.113. The molecule has 0 saturated carbocycles. The molecule has 4 nitrogen and oxygen atoms in total. The lowest BCUT2D eigenvalue weighted by atomic mass is 9.96. The lowest BCUT2D eigenvalue weighted by Gasteiger charge is -2.27. The summed E-state index contributed by atoms with van der Waals surface area (Å²) >= 11 is 1.52. The van der Waals surface area contributed by atoms with E-state index in [2.05, 4.69) is 4.99 Å². The normalized spacial score (nSPS) is 25.6. The van der Waals surface area contributed by atoms with Crippen LogP contribution in [-0.2, 0) is 0 Å². The Balaban J connectivity index is 1.98. The fourth-order valence-corrected chi connectivity index (χ4v) is 3.37. The van der Waals surface area contributed by atoms with Gasteiger partial charge in [-0.2, -0.15) is 0 Å². The van der Waals surface area contributed by atoms with E-state index >= 15 is 0 Å². The van der Waals surface area contributed by atoms with Crippen molar-refractivity contribution in [3.05, 3.63) is 41.2 Å². The number of amidine groups is 1. The van der Waals surface area contributed by atoms with Gasteiger partial charge in [0, 0.05) is 6.20 Å². The Morgan fingerprint density at radius 2 is 2.30 bits per heavy atom. The topological polar surface area (TPSA) is 45.1 Å². The predicted molar refractivity (Wildman–Crippen MR) is 77.2 cm³/mol. The monoisotopic (exact) mass is 294 g/mol. The second-order valence-electron chi connectivity index (χ2n) is 4.79. The van der Waals surface area contributed by atoms with Crippen molar-refractivity contribution in [3.63, 3.8) is 0 Å². The summed E-state index contributed by atoms with van der Waals surface area (Å²) in [5.74, 6) is -0.201. The fraction of sp³-hybridized carbons (Fsp3) is 0.357. The summed E-state index contributed by atoms with van der Waals surface area (Å²) in [6.45, 7) is 1.74. The maximum Gasteiger partial charge on any atom is 0.168 e. The van der Waals surface area contributed by atoms with Crippen molar-refractivity contribution in [1.82, 2.24) is 4.90 Å². The van der Waals surface area contributed by atoms with Crippen molar-refractivity contribution in [2.24, 2.45) is 4.99 Å². The molecular weight excluding hydrogens is 279 g/mol. The molecule has 6 heteroatoms. The van der Waals surface area contributed by atoms with Gasteiger partial charge in [-0.15, -0.1) is 0 Å². The zero-order valence-corrected chi connectivity index (χ0v) is 12.0. The van der Waals surface area contributed by atoms with Crippen LogP contribution in [0, 0.1) is 5.82 Å². The number of hydrogen-bond donors (Lipinski definition) is 1. The number of rotatable bonds is 3. The van der Waals surface area contributed by atoms with E-state index in [0.29, 0.717) is 0 Å². The molecule has 0 saturated heterocycles. The number of fused-ring (bicyclic) bond motifs is 1. The minimum atomic E-state index is -0.555. The molecule has 3 atom stereocenters. The highest BCUT2D eigenvalue weighted by Gasteiger charge is 2.40. The van der Waals surface area contributed by atoms with E-state index < -0.39 is 11.9 Å². The standard InChI is InChI=1S/C14H15FN2O2S/c1-8(18)13-12(16-14-17(13)5-6-20-14)9-3-4-10(15)11(7-9)19-2/h3-8,12-13,18H,1-2H3. The molecule has 2 aliphatic rings. The summed E-state index contributed by atoms with van der Waals surface area (Å²) in [7, 11) is 1.44. The van der Waals surface area contributed by atoms with Gasteiger partial charge in [0.2, 0.25) is 0 Å². The van der Waals surface area contributed by atoms with Gasteiger partial charge in [-0.1, -0.05) is 17.8 Å². The molecule has 3 rings (SSSR count). The first-order valence-electron chi connectivity index (χ1n) is 6.33. The van der Waals surface area contributed by atoms with Gasteiger partial charge in [0.05, 0.1) is 19.3 Å². The second kappa shape index (κ2) is 5.10. The summed E-state index contributed by atoms with van der Waals surface area (Å²) in [5, 5.41) is 12.9. The highest BCUT2D eigenvalue weighted by atomic mass is 32.2. The van der Waals surface area contributed by atoms with E-state index in [-0.39, 0.29) is 17.8 Å². The van der Waals surface area contributed by atoms with Gasteiger partial charge in [-0.25, -0.2) is 4.39 Å². The third-order valence-corrected chi connectivity index (χ3v) is 4.31. The molecule has 0 spiro atoms. The molecule has 1 aromatic carbocycles. The number of aliphatic hydroxyl groups is 1. The number of hydrogen-bond acceptors (Lipinski definition) is 5. The van der Waals surface area contributed by atoms with Crippen LogP contribution >= 0.6 is 11.8 Å². The first-order valence-corrected chi connectivity index (χ1v) is 7.20. The minimum absolute atomic E-state index is 0.175. The molecule has 20 heavy (non-hydrogen) atoms. The number of thioether (sulfide) groups is 1. The quantitative estimate of drug-likeness (QED) is 0.930. The van der Waals surface area contributed by atoms with Crippen LogP contribution in [0.25, 0.3) is 0 Å². The van der Waals surface area contributed by atoms with Crippen molar-refractivity contribution >= 4 is 16.9 Å². The van der Waals surface area contributed by atoms with Crippen molar-refractivity contribution in [3.8, 4) is 5.75 Å². The molecule has 0 bridgehead atoms. The highest BCUT2D eigenvalue weighted by molar-refractivity contribution is 8.16.